The number of benzene rings is 2. The fraction of sp³-hybridized carbons (Fsp3) is 0.167. The monoisotopic (exact) mass is 366 g/mol. The van der Waals surface area contributed by atoms with E-state index in [0.717, 1.165) is 22.2 Å². The van der Waals surface area contributed by atoms with E-state index < -0.39 is 4.92 Å². The van der Waals surface area contributed by atoms with Crippen LogP contribution in [0.2, 0.25) is 0 Å². The minimum absolute atomic E-state index is 0.0318. The van der Waals surface area contributed by atoms with E-state index in [1.54, 1.807) is 19.2 Å². The third-order valence-electron chi connectivity index (χ3n) is 3.91. The molecule has 1 aromatic heterocycles. The summed E-state index contributed by atoms with van der Waals surface area (Å²) in [5.41, 5.74) is 8.27. The predicted molar refractivity (Wildman–Crippen MR) is 103 cm³/mol. The minimum Gasteiger partial charge on any atom is -0.497 e. The van der Waals surface area contributed by atoms with Crippen LogP contribution >= 0.6 is 0 Å². The van der Waals surface area contributed by atoms with Gasteiger partial charge in [0.15, 0.2) is 5.96 Å². The van der Waals surface area contributed by atoms with Gasteiger partial charge in [0, 0.05) is 23.6 Å². The highest BCUT2D eigenvalue weighted by molar-refractivity contribution is 5.92. The van der Waals surface area contributed by atoms with Crippen molar-refractivity contribution >= 4 is 28.5 Å². The zero-order valence-corrected chi connectivity index (χ0v) is 14.8. The molecule has 0 fully saturated rings. The lowest BCUT2D eigenvalue weighted by molar-refractivity contribution is -0.384. The number of methoxy groups -OCH3 is 1. The van der Waals surface area contributed by atoms with Gasteiger partial charge in [-0.3, -0.25) is 15.4 Å². The summed E-state index contributed by atoms with van der Waals surface area (Å²) in [4.78, 5) is 23.3. The highest BCUT2D eigenvalue weighted by Crippen LogP contribution is 2.22. The molecular formula is C18H18N6O3. The number of guanidine groups is 1. The highest BCUT2D eigenvalue weighted by atomic mass is 16.6. The zero-order valence-electron chi connectivity index (χ0n) is 14.8. The molecule has 3 N–H and O–H groups in total. The van der Waals surface area contributed by atoms with Crippen molar-refractivity contribution < 1.29 is 9.66 Å². The maximum atomic E-state index is 10.7. The normalized spacial score (nSPS) is 11.4. The Morgan fingerprint density at radius 2 is 2.00 bits per heavy atom. The number of aryl methyl sites for hydroxylation is 1. The molecule has 138 valence electrons. The van der Waals surface area contributed by atoms with Gasteiger partial charge in [-0.15, -0.1) is 0 Å². The van der Waals surface area contributed by atoms with Crippen molar-refractivity contribution in [2.75, 3.05) is 12.4 Å². The first kappa shape index (κ1) is 18.1. The molecule has 3 aromatic rings. The van der Waals surface area contributed by atoms with E-state index in [2.05, 4.69) is 20.3 Å². The lowest BCUT2D eigenvalue weighted by Crippen LogP contribution is -2.24. The number of nitrogens with one attached hydrogen (secondary N) is 1. The van der Waals surface area contributed by atoms with E-state index >= 15 is 0 Å². The van der Waals surface area contributed by atoms with E-state index in [0.29, 0.717) is 11.7 Å². The second kappa shape index (κ2) is 7.65. The van der Waals surface area contributed by atoms with Crippen LogP contribution in [0.5, 0.6) is 5.75 Å². The number of fused-ring (bicyclic) bond motifs is 1. The van der Waals surface area contributed by atoms with Crippen molar-refractivity contribution in [3.63, 3.8) is 0 Å². The molecule has 0 bridgehead atoms. The molecule has 0 spiro atoms. The van der Waals surface area contributed by atoms with Gasteiger partial charge in [-0.2, -0.15) is 0 Å². The molecule has 0 atom stereocenters. The molecule has 0 radical (unpaired) electrons. The number of anilines is 1. The number of nitro benzene ring substituents is 1. The van der Waals surface area contributed by atoms with Crippen LogP contribution in [0.15, 0.2) is 47.5 Å². The molecule has 2 aromatic carbocycles. The lowest BCUT2D eigenvalue weighted by Gasteiger charge is -2.08. The first-order valence-corrected chi connectivity index (χ1v) is 8.09. The summed E-state index contributed by atoms with van der Waals surface area (Å²) in [6.07, 6.45) is 0. The van der Waals surface area contributed by atoms with Gasteiger partial charge in [-0.05, 0) is 24.6 Å². The van der Waals surface area contributed by atoms with E-state index in [1.807, 2.05) is 25.1 Å². The van der Waals surface area contributed by atoms with Crippen LogP contribution in [-0.2, 0) is 6.54 Å². The molecule has 0 unspecified atom stereocenters. The van der Waals surface area contributed by atoms with Crippen LogP contribution in [-0.4, -0.2) is 28.0 Å². The molecule has 0 aliphatic carbocycles. The second-order valence-electron chi connectivity index (χ2n) is 5.77. The molecule has 0 amide bonds. The van der Waals surface area contributed by atoms with Crippen LogP contribution in [0, 0.1) is 17.0 Å². The Morgan fingerprint density at radius 1 is 1.26 bits per heavy atom. The Bertz CT molecular complexity index is 1020. The van der Waals surface area contributed by atoms with Gasteiger partial charge in [-0.1, -0.05) is 12.1 Å². The number of nitro groups is 1. The molecule has 1 heterocycles. The standard InChI is InChI=1S/C18H18N6O3/c1-11-15-8-7-14(27-2)9-16(15)22-18(21-11)23-17(19)20-10-12-3-5-13(6-4-12)24(25)26/h3-9H,10H2,1-2H3,(H3,19,20,21,22,23). The summed E-state index contributed by atoms with van der Waals surface area (Å²) >= 11 is 0. The van der Waals surface area contributed by atoms with Crippen molar-refractivity contribution in [3.8, 4) is 5.75 Å². The zero-order chi connectivity index (χ0) is 19.4. The molecule has 27 heavy (non-hydrogen) atoms. The SMILES string of the molecule is COc1ccc2c(C)nc(NC(N)=NCc3ccc([N+](=O)[O-])cc3)nc2c1. The van der Waals surface area contributed by atoms with Crippen molar-refractivity contribution in [1.82, 2.24) is 9.97 Å². The summed E-state index contributed by atoms with van der Waals surface area (Å²) < 4.78 is 5.22. The number of non-ortho nitro benzene ring substituents is 1. The number of aromatic nitrogens is 2. The van der Waals surface area contributed by atoms with Gasteiger partial charge in [-0.25, -0.2) is 15.0 Å². The van der Waals surface area contributed by atoms with Crippen molar-refractivity contribution in [3.05, 3.63) is 63.8 Å². The van der Waals surface area contributed by atoms with Crippen LogP contribution in [0.25, 0.3) is 10.9 Å². The molecule has 9 heteroatoms. The number of rotatable bonds is 5. The molecule has 0 aliphatic heterocycles. The third kappa shape index (κ3) is 4.27. The summed E-state index contributed by atoms with van der Waals surface area (Å²) in [7, 11) is 1.59. The summed E-state index contributed by atoms with van der Waals surface area (Å²) in [5, 5.41) is 14.5. The molecule has 0 saturated heterocycles. The fourth-order valence-electron chi connectivity index (χ4n) is 2.50. The van der Waals surface area contributed by atoms with Gasteiger partial charge in [0.1, 0.15) is 5.75 Å². The van der Waals surface area contributed by atoms with Crippen LogP contribution < -0.4 is 15.8 Å². The van der Waals surface area contributed by atoms with E-state index in [9.17, 15) is 10.1 Å². The number of nitrogens with two attached hydrogens (primary N) is 1. The first-order chi connectivity index (χ1) is 13.0. The molecule has 9 nitrogen and oxygen atoms in total. The smallest absolute Gasteiger partial charge is 0.269 e. The molecule has 0 aliphatic rings. The van der Waals surface area contributed by atoms with E-state index in [4.69, 9.17) is 10.5 Å². The topological polar surface area (TPSA) is 129 Å². The first-order valence-electron chi connectivity index (χ1n) is 8.09. The van der Waals surface area contributed by atoms with Gasteiger partial charge in [0.25, 0.3) is 5.69 Å². The summed E-state index contributed by atoms with van der Waals surface area (Å²) in [6.45, 7) is 2.16. The number of ether oxygens (including phenoxy) is 1. The van der Waals surface area contributed by atoms with Gasteiger partial charge in [0.05, 0.1) is 29.8 Å². The van der Waals surface area contributed by atoms with E-state index in [1.165, 1.54) is 12.1 Å². The van der Waals surface area contributed by atoms with Crippen LogP contribution in [0.1, 0.15) is 11.3 Å². The van der Waals surface area contributed by atoms with Crippen molar-refractivity contribution in [2.24, 2.45) is 10.7 Å². The average Bonchev–Trinajstić information content (AvgIpc) is 2.66. The van der Waals surface area contributed by atoms with E-state index in [-0.39, 0.29) is 18.2 Å². The summed E-state index contributed by atoms with van der Waals surface area (Å²) in [5.74, 6) is 1.18. The maximum absolute atomic E-state index is 10.7. The average molecular weight is 366 g/mol. The van der Waals surface area contributed by atoms with Gasteiger partial charge >= 0.3 is 0 Å². The molecular weight excluding hydrogens is 348 g/mol. The second-order valence-corrected chi connectivity index (χ2v) is 5.77. The summed E-state index contributed by atoms with van der Waals surface area (Å²) in [6, 6.07) is 11.7. The van der Waals surface area contributed by atoms with Crippen molar-refractivity contribution in [1.29, 1.82) is 0 Å². The number of aliphatic imine (C=N–C) groups is 1. The van der Waals surface area contributed by atoms with Crippen LogP contribution in [0.3, 0.4) is 0 Å². The Kier molecular flexibility index (Phi) is 5.11. The molecule has 0 saturated carbocycles. The minimum atomic E-state index is -0.447. The largest absolute Gasteiger partial charge is 0.497 e. The Labute approximate surface area is 155 Å². The van der Waals surface area contributed by atoms with Crippen molar-refractivity contribution in [2.45, 2.75) is 13.5 Å². The Balaban J connectivity index is 1.75. The third-order valence-corrected chi connectivity index (χ3v) is 3.91. The fourth-order valence-corrected chi connectivity index (χ4v) is 2.50. The Morgan fingerprint density at radius 3 is 2.67 bits per heavy atom. The van der Waals surface area contributed by atoms with Crippen LogP contribution in [0.4, 0.5) is 11.6 Å². The predicted octanol–water partition coefficient (Wildman–Crippen LogP) is 2.78. The highest BCUT2D eigenvalue weighted by Gasteiger charge is 2.07. The Hall–Kier alpha value is -3.75. The maximum Gasteiger partial charge on any atom is 0.269 e. The number of hydrogen-bond acceptors (Lipinski definition) is 6. The van der Waals surface area contributed by atoms with Gasteiger partial charge < -0.3 is 10.5 Å². The lowest BCUT2D eigenvalue weighted by atomic mass is 10.2. The quantitative estimate of drug-likeness (QED) is 0.307. The number of nitrogens with zero attached hydrogens (tertiary/aromatic N) is 4. The number of hydrogen-bond donors (Lipinski definition) is 2. The van der Waals surface area contributed by atoms with Gasteiger partial charge in [0.2, 0.25) is 5.95 Å². The molecule has 3 rings (SSSR count).